The molecule has 0 saturated carbocycles. The second kappa shape index (κ2) is 8.75. The summed E-state index contributed by atoms with van der Waals surface area (Å²) in [6.07, 6.45) is 4.69. The fraction of sp³-hybridized carbons (Fsp3) is 0.556. The summed E-state index contributed by atoms with van der Waals surface area (Å²) in [7, 11) is 0. The zero-order valence-electron chi connectivity index (χ0n) is 15.3. The summed E-state index contributed by atoms with van der Waals surface area (Å²) >= 11 is 0. The number of likely N-dealkylation sites (tertiary alicyclic amines) is 1. The fourth-order valence-corrected chi connectivity index (χ4v) is 3.03. The van der Waals surface area contributed by atoms with Gasteiger partial charge in [0.05, 0.1) is 12.2 Å². The molecule has 1 aliphatic rings. The largest absolute Gasteiger partial charge is 0.489 e. The number of rotatable bonds is 8. The van der Waals surface area contributed by atoms with Crippen LogP contribution in [0.1, 0.15) is 37.2 Å². The smallest absolute Gasteiger partial charge is 0.226 e. The van der Waals surface area contributed by atoms with Gasteiger partial charge in [-0.25, -0.2) is 0 Å². The van der Waals surface area contributed by atoms with Crippen LogP contribution in [0.2, 0.25) is 0 Å². The van der Waals surface area contributed by atoms with Crippen molar-refractivity contribution in [3.63, 3.8) is 0 Å². The van der Waals surface area contributed by atoms with Gasteiger partial charge in [-0.1, -0.05) is 5.16 Å². The van der Waals surface area contributed by atoms with Crippen LogP contribution in [-0.4, -0.2) is 51.7 Å². The van der Waals surface area contributed by atoms with Crippen molar-refractivity contribution in [2.45, 2.75) is 45.8 Å². The molecule has 0 aromatic carbocycles. The maximum Gasteiger partial charge on any atom is 0.226 e. The van der Waals surface area contributed by atoms with E-state index in [9.17, 15) is 4.79 Å². The normalized spacial score (nSPS) is 17.4. The second-order valence-electron chi connectivity index (χ2n) is 6.56. The van der Waals surface area contributed by atoms with Gasteiger partial charge in [-0.2, -0.15) is 4.98 Å². The van der Waals surface area contributed by atoms with Gasteiger partial charge in [-0.15, -0.1) is 0 Å². The average Bonchev–Trinajstić information content (AvgIpc) is 3.22. The van der Waals surface area contributed by atoms with Crippen LogP contribution >= 0.6 is 0 Å². The van der Waals surface area contributed by atoms with Crippen LogP contribution in [0.15, 0.2) is 22.9 Å². The summed E-state index contributed by atoms with van der Waals surface area (Å²) in [5.41, 5.74) is 0.794. The van der Waals surface area contributed by atoms with E-state index in [-0.39, 0.29) is 12.0 Å². The molecule has 3 rings (SSSR count). The fourth-order valence-electron chi connectivity index (χ4n) is 3.03. The van der Waals surface area contributed by atoms with Crippen molar-refractivity contribution in [1.29, 1.82) is 0 Å². The molecule has 3 heterocycles. The highest BCUT2D eigenvalue weighted by molar-refractivity contribution is 5.72. The van der Waals surface area contributed by atoms with Gasteiger partial charge < -0.3 is 14.6 Å². The van der Waals surface area contributed by atoms with Gasteiger partial charge in [0.15, 0.2) is 5.82 Å². The maximum absolute atomic E-state index is 11.0. The Morgan fingerprint density at radius 1 is 1.50 bits per heavy atom. The summed E-state index contributed by atoms with van der Waals surface area (Å²) < 4.78 is 11.2. The number of aromatic nitrogens is 3. The van der Waals surface area contributed by atoms with Crippen LogP contribution < -0.4 is 10.1 Å². The molecule has 8 heteroatoms. The number of hydrogen-bond acceptors (Lipinski definition) is 7. The van der Waals surface area contributed by atoms with Crippen molar-refractivity contribution in [1.82, 2.24) is 25.3 Å². The summed E-state index contributed by atoms with van der Waals surface area (Å²) in [4.78, 5) is 21.9. The molecule has 0 bridgehead atoms. The van der Waals surface area contributed by atoms with Crippen LogP contribution in [0.4, 0.5) is 0 Å². The number of pyridine rings is 1. The van der Waals surface area contributed by atoms with Crippen molar-refractivity contribution >= 4 is 5.91 Å². The molecule has 140 valence electrons. The van der Waals surface area contributed by atoms with Crippen molar-refractivity contribution in [3.8, 4) is 5.75 Å². The average molecular weight is 359 g/mol. The zero-order valence-corrected chi connectivity index (χ0v) is 15.3. The van der Waals surface area contributed by atoms with E-state index in [1.54, 1.807) is 6.20 Å². The minimum Gasteiger partial charge on any atom is -0.489 e. The minimum atomic E-state index is -0.0692. The summed E-state index contributed by atoms with van der Waals surface area (Å²) in [6.45, 7) is 6.66. The van der Waals surface area contributed by atoms with Crippen LogP contribution in [-0.2, 0) is 17.8 Å². The third-order valence-electron chi connectivity index (χ3n) is 4.27. The van der Waals surface area contributed by atoms with Gasteiger partial charge in [0.25, 0.3) is 0 Å². The number of amides is 1. The van der Waals surface area contributed by atoms with E-state index in [2.05, 4.69) is 25.3 Å². The summed E-state index contributed by atoms with van der Waals surface area (Å²) in [5, 5.41) is 6.55. The highest BCUT2D eigenvalue weighted by Gasteiger charge is 2.23. The Labute approximate surface area is 152 Å². The molecule has 2 aromatic heterocycles. The lowest BCUT2D eigenvalue weighted by Crippen LogP contribution is -2.26. The molecular weight excluding hydrogens is 334 g/mol. The molecule has 1 atom stereocenters. The van der Waals surface area contributed by atoms with E-state index in [4.69, 9.17) is 9.26 Å². The maximum atomic E-state index is 11.0. The molecule has 1 aliphatic heterocycles. The van der Waals surface area contributed by atoms with Crippen molar-refractivity contribution < 1.29 is 14.1 Å². The Morgan fingerprint density at radius 2 is 2.38 bits per heavy atom. The van der Waals surface area contributed by atoms with Gasteiger partial charge in [0.1, 0.15) is 11.9 Å². The Kier molecular flexibility index (Phi) is 6.17. The minimum absolute atomic E-state index is 0.0692. The van der Waals surface area contributed by atoms with E-state index >= 15 is 0 Å². The van der Waals surface area contributed by atoms with Crippen molar-refractivity contribution in [2.75, 3.05) is 19.6 Å². The molecule has 2 aromatic rings. The molecule has 0 aliphatic carbocycles. The van der Waals surface area contributed by atoms with Gasteiger partial charge in [0, 0.05) is 38.7 Å². The highest BCUT2D eigenvalue weighted by atomic mass is 16.5. The number of carbonyl (C=O) groups is 1. The number of nitrogens with one attached hydrogen (secondary N) is 1. The number of aryl methyl sites for hydroxylation is 2. The quantitative estimate of drug-likeness (QED) is 0.763. The molecule has 1 unspecified atom stereocenters. The standard InChI is InChI=1S/C18H25N5O3/c1-13-21-18(26-22-13)4-3-8-23-9-6-17(12-23)25-16-5-7-19-15(10-16)11-20-14(2)24/h5,7,10,17H,3-4,6,8-9,11-12H2,1-2H3,(H,20,24). The van der Waals surface area contributed by atoms with Crippen LogP contribution in [0.5, 0.6) is 5.75 Å². The van der Waals surface area contributed by atoms with Crippen molar-refractivity contribution in [2.24, 2.45) is 0 Å². The second-order valence-corrected chi connectivity index (χ2v) is 6.56. The molecule has 1 saturated heterocycles. The third kappa shape index (κ3) is 5.52. The van der Waals surface area contributed by atoms with Crippen LogP contribution in [0, 0.1) is 6.92 Å². The van der Waals surface area contributed by atoms with Gasteiger partial charge in [0.2, 0.25) is 11.8 Å². The number of ether oxygens (including phenoxy) is 1. The van der Waals surface area contributed by atoms with Crippen LogP contribution in [0.25, 0.3) is 0 Å². The first kappa shape index (κ1) is 18.3. The van der Waals surface area contributed by atoms with E-state index in [0.717, 1.165) is 50.3 Å². The first-order valence-electron chi connectivity index (χ1n) is 8.96. The van der Waals surface area contributed by atoms with Gasteiger partial charge in [-0.3, -0.25) is 14.7 Å². The lowest BCUT2D eigenvalue weighted by Gasteiger charge is -2.16. The molecule has 1 N–H and O–H groups in total. The lowest BCUT2D eigenvalue weighted by molar-refractivity contribution is -0.119. The Balaban J connectivity index is 1.41. The Morgan fingerprint density at radius 3 is 3.15 bits per heavy atom. The molecule has 8 nitrogen and oxygen atoms in total. The molecule has 26 heavy (non-hydrogen) atoms. The Bertz CT molecular complexity index is 733. The Hall–Kier alpha value is -2.48. The monoisotopic (exact) mass is 359 g/mol. The van der Waals surface area contributed by atoms with E-state index in [0.29, 0.717) is 18.3 Å². The van der Waals surface area contributed by atoms with E-state index < -0.39 is 0 Å². The summed E-state index contributed by atoms with van der Waals surface area (Å²) in [5.74, 6) is 2.12. The summed E-state index contributed by atoms with van der Waals surface area (Å²) in [6, 6.07) is 3.74. The first-order valence-corrected chi connectivity index (χ1v) is 8.96. The topological polar surface area (TPSA) is 93.4 Å². The van der Waals surface area contributed by atoms with E-state index in [1.165, 1.54) is 6.92 Å². The lowest BCUT2D eigenvalue weighted by atomic mass is 10.3. The predicted molar refractivity (Wildman–Crippen MR) is 94.6 cm³/mol. The number of nitrogens with zero attached hydrogens (tertiary/aromatic N) is 4. The first-order chi connectivity index (χ1) is 12.6. The molecule has 0 radical (unpaired) electrons. The molecule has 1 fully saturated rings. The number of carbonyl (C=O) groups excluding carboxylic acids is 1. The molecular formula is C18H25N5O3. The number of hydrogen-bond donors (Lipinski definition) is 1. The SMILES string of the molecule is CC(=O)NCc1cc(OC2CCN(CCCc3nc(C)no3)C2)ccn1. The predicted octanol–water partition coefficient (Wildman–Crippen LogP) is 1.50. The van der Waals surface area contributed by atoms with Gasteiger partial charge in [-0.05, 0) is 32.4 Å². The van der Waals surface area contributed by atoms with E-state index in [1.807, 2.05) is 19.1 Å². The zero-order chi connectivity index (χ0) is 18.4. The van der Waals surface area contributed by atoms with Gasteiger partial charge >= 0.3 is 0 Å². The third-order valence-corrected chi connectivity index (χ3v) is 4.27. The molecule has 0 spiro atoms. The van der Waals surface area contributed by atoms with Crippen molar-refractivity contribution in [3.05, 3.63) is 35.7 Å². The van der Waals surface area contributed by atoms with Crippen LogP contribution in [0.3, 0.4) is 0 Å². The highest BCUT2D eigenvalue weighted by Crippen LogP contribution is 2.19. The molecule has 1 amide bonds.